The number of fused-ring (bicyclic) bond motifs is 1. The molecule has 5 aromatic rings. The molecule has 0 unspecified atom stereocenters. The van der Waals surface area contributed by atoms with Crippen LogP contribution in [0.4, 0.5) is 10.1 Å². The molecule has 5 heteroatoms. The van der Waals surface area contributed by atoms with Crippen LogP contribution in [-0.4, -0.2) is 16.4 Å². The van der Waals surface area contributed by atoms with Gasteiger partial charge in [0.1, 0.15) is 17.3 Å². The van der Waals surface area contributed by atoms with Gasteiger partial charge >= 0.3 is 0 Å². The summed E-state index contributed by atoms with van der Waals surface area (Å²) in [6, 6.07) is 28.5. The Morgan fingerprint density at radius 1 is 0.853 bits per heavy atom. The summed E-state index contributed by atoms with van der Waals surface area (Å²) in [5.41, 5.74) is 4.28. The molecule has 0 amide bonds. The second kappa shape index (κ2) is 9.16. The van der Waals surface area contributed by atoms with Gasteiger partial charge in [0.15, 0.2) is 0 Å². The number of hydrogen-bond donors (Lipinski definition) is 0. The Kier molecular flexibility index (Phi) is 5.75. The smallest absolute Gasteiger partial charge is 0.210 e. The first-order chi connectivity index (χ1) is 16.6. The minimum absolute atomic E-state index is 0.166. The molecule has 5 rings (SSSR count). The van der Waals surface area contributed by atoms with Crippen molar-refractivity contribution in [3.8, 4) is 11.5 Å². The lowest BCUT2D eigenvalue weighted by atomic mass is 10.0. The number of ketones is 1. The number of aliphatic imine (C=N–C) groups is 1. The van der Waals surface area contributed by atoms with Gasteiger partial charge in [-0.15, -0.1) is 0 Å². The SMILES string of the molecule is Cc1c(C=Nc2ccc(Oc3ccccc3)cc2)c2ccccn2c1C(=O)c1ccc(F)cc1. The second-order valence-electron chi connectivity index (χ2n) is 7.85. The van der Waals surface area contributed by atoms with E-state index in [1.807, 2.05) is 90.3 Å². The Hall–Kier alpha value is -4.51. The monoisotopic (exact) mass is 448 g/mol. The summed E-state index contributed by atoms with van der Waals surface area (Å²) in [7, 11) is 0. The van der Waals surface area contributed by atoms with E-state index < -0.39 is 0 Å². The minimum Gasteiger partial charge on any atom is -0.457 e. The van der Waals surface area contributed by atoms with E-state index >= 15 is 0 Å². The van der Waals surface area contributed by atoms with Crippen molar-refractivity contribution in [1.82, 2.24) is 4.40 Å². The Bertz CT molecular complexity index is 1490. The Labute approximate surface area is 196 Å². The van der Waals surface area contributed by atoms with Crippen LogP contribution in [0.3, 0.4) is 0 Å². The van der Waals surface area contributed by atoms with Gasteiger partial charge in [-0.3, -0.25) is 9.79 Å². The predicted molar refractivity (Wildman–Crippen MR) is 132 cm³/mol. The number of ether oxygens (including phenoxy) is 1. The summed E-state index contributed by atoms with van der Waals surface area (Å²) in [5.74, 6) is 0.956. The molecule has 166 valence electrons. The lowest BCUT2D eigenvalue weighted by Crippen LogP contribution is -2.07. The van der Waals surface area contributed by atoms with Crippen molar-refractivity contribution < 1.29 is 13.9 Å². The van der Waals surface area contributed by atoms with Crippen molar-refractivity contribution in [3.05, 3.63) is 131 Å². The van der Waals surface area contributed by atoms with Crippen LogP contribution in [0.2, 0.25) is 0 Å². The van der Waals surface area contributed by atoms with Gasteiger partial charge in [-0.2, -0.15) is 0 Å². The van der Waals surface area contributed by atoms with Crippen molar-refractivity contribution >= 4 is 23.2 Å². The molecule has 3 aromatic carbocycles. The summed E-state index contributed by atoms with van der Waals surface area (Å²) in [4.78, 5) is 17.9. The van der Waals surface area contributed by atoms with Crippen LogP contribution in [0, 0.1) is 12.7 Å². The Balaban J connectivity index is 1.45. The van der Waals surface area contributed by atoms with E-state index in [2.05, 4.69) is 4.99 Å². The molecule has 0 radical (unpaired) electrons. The summed E-state index contributed by atoms with van der Waals surface area (Å²) in [5, 5.41) is 0. The maximum absolute atomic E-state index is 13.3. The van der Waals surface area contributed by atoms with Crippen LogP contribution in [0.25, 0.3) is 5.52 Å². The summed E-state index contributed by atoms with van der Waals surface area (Å²) in [6.45, 7) is 1.90. The van der Waals surface area contributed by atoms with E-state index in [4.69, 9.17) is 4.74 Å². The maximum Gasteiger partial charge on any atom is 0.210 e. The zero-order valence-electron chi connectivity index (χ0n) is 18.5. The molecule has 34 heavy (non-hydrogen) atoms. The maximum atomic E-state index is 13.3. The third-order valence-electron chi connectivity index (χ3n) is 5.62. The van der Waals surface area contributed by atoms with Crippen molar-refractivity contribution in [2.45, 2.75) is 6.92 Å². The quantitative estimate of drug-likeness (QED) is 0.204. The number of hydrogen-bond acceptors (Lipinski definition) is 3. The Morgan fingerprint density at radius 3 is 2.26 bits per heavy atom. The van der Waals surface area contributed by atoms with E-state index in [0.29, 0.717) is 11.3 Å². The standard InChI is InChI=1S/C29H21FN2O2/c1-20-26(19-31-23-14-16-25(17-15-23)34-24-7-3-2-4-8-24)27-9-5-6-18-32(27)28(20)29(33)21-10-12-22(30)13-11-21/h2-19H,1H3. The fourth-order valence-electron chi connectivity index (χ4n) is 3.90. The molecule has 0 N–H and O–H groups in total. The zero-order chi connectivity index (χ0) is 23.5. The number of carbonyl (C=O) groups is 1. The summed E-state index contributed by atoms with van der Waals surface area (Å²) < 4.78 is 21.0. The fourth-order valence-corrected chi connectivity index (χ4v) is 3.90. The first-order valence-electron chi connectivity index (χ1n) is 10.9. The average Bonchev–Trinajstić information content (AvgIpc) is 3.15. The zero-order valence-corrected chi connectivity index (χ0v) is 18.5. The molecule has 0 aliphatic carbocycles. The number of benzene rings is 3. The lowest BCUT2D eigenvalue weighted by molar-refractivity contribution is 0.103. The molecule has 0 atom stereocenters. The van der Waals surface area contributed by atoms with E-state index in [9.17, 15) is 9.18 Å². The van der Waals surface area contributed by atoms with Crippen LogP contribution >= 0.6 is 0 Å². The molecule has 0 bridgehead atoms. The third kappa shape index (κ3) is 4.24. The van der Waals surface area contributed by atoms with Crippen LogP contribution in [-0.2, 0) is 0 Å². The van der Waals surface area contributed by atoms with Crippen LogP contribution < -0.4 is 4.74 Å². The molecule has 2 aromatic heterocycles. The molecule has 4 nitrogen and oxygen atoms in total. The topological polar surface area (TPSA) is 43.1 Å². The van der Waals surface area contributed by atoms with Crippen LogP contribution in [0.15, 0.2) is 108 Å². The normalized spacial score (nSPS) is 11.2. The van der Waals surface area contributed by atoms with Crippen molar-refractivity contribution in [1.29, 1.82) is 0 Å². The highest BCUT2D eigenvalue weighted by atomic mass is 19.1. The molecule has 0 aliphatic rings. The highest BCUT2D eigenvalue weighted by Crippen LogP contribution is 2.27. The van der Waals surface area contributed by atoms with Gasteiger partial charge in [0.25, 0.3) is 0 Å². The highest BCUT2D eigenvalue weighted by molar-refractivity contribution is 6.12. The molecule has 2 heterocycles. The fraction of sp³-hybridized carbons (Fsp3) is 0.0345. The first-order valence-corrected chi connectivity index (χ1v) is 10.9. The second-order valence-corrected chi connectivity index (χ2v) is 7.85. The summed E-state index contributed by atoms with van der Waals surface area (Å²) in [6.07, 6.45) is 3.63. The van der Waals surface area contributed by atoms with Gasteiger partial charge in [0, 0.05) is 23.5 Å². The first kappa shape index (κ1) is 21.3. The van der Waals surface area contributed by atoms with Gasteiger partial charge in [-0.1, -0.05) is 24.3 Å². The number of pyridine rings is 1. The number of rotatable bonds is 6. The van der Waals surface area contributed by atoms with Crippen LogP contribution in [0.1, 0.15) is 27.2 Å². The molecule has 0 saturated carbocycles. The minimum atomic E-state index is -0.374. The van der Waals surface area contributed by atoms with Crippen molar-refractivity contribution in [2.24, 2.45) is 4.99 Å². The molecule has 0 spiro atoms. The lowest BCUT2D eigenvalue weighted by Gasteiger charge is -2.05. The molecule has 0 aliphatic heterocycles. The molecular weight excluding hydrogens is 427 g/mol. The van der Waals surface area contributed by atoms with Gasteiger partial charge in [0.2, 0.25) is 5.78 Å². The predicted octanol–water partition coefficient (Wildman–Crippen LogP) is 7.16. The number of para-hydroxylation sites is 1. The van der Waals surface area contributed by atoms with E-state index in [0.717, 1.165) is 33.8 Å². The number of carbonyl (C=O) groups excluding carboxylic acids is 1. The molecule has 0 fully saturated rings. The van der Waals surface area contributed by atoms with E-state index in [1.165, 1.54) is 24.3 Å². The van der Waals surface area contributed by atoms with Gasteiger partial charge in [0.05, 0.1) is 16.9 Å². The molecular formula is C29H21FN2O2. The average molecular weight is 448 g/mol. The van der Waals surface area contributed by atoms with Gasteiger partial charge in [-0.25, -0.2) is 4.39 Å². The van der Waals surface area contributed by atoms with Gasteiger partial charge < -0.3 is 9.14 Å². The van der Waals surface area contributed by atoms with E-state index in [-0.39, 0.29) is 11.6 Å². The Morgan fingerprint density at radius 2 is 1.53 bits per heavy atom. The molecule has 0 saturated heterocycles. The van der Waals surface area contributed by atoms with Gasteiger partial charge in [-0.05, 0) is 85.3 Å². The number of aromatic nitrogens is 1. The van der Waals surface area contributed by atoms with Crippen molar-refractivity contribution in [2.75, 3.05) is 0 Å². The van der Waals surface area contributed by atoms with Crippen LogP contribution in [0.5, 0.6) is 11.5 Å². The highest BCUT2D eigenvalue weighted by Gasteiger charge is 2.20. The van der Waals surface area contributed by atoms with Crippen molar-refractivity contribution in [3.63, 3.8) is 0 Å². The summed E-state index contributed by atoms with van der Waals surface area (Å²) >= 11 is 0. The van der Waals surface area contributed by atoms with E-state index in [1.54, 1.807) is 6.21 Å². The largest absolute Gasteiger partial charge is 0.457 e. The number of halogens is 1. The third-order valence-corrected chi connectivity index (χ3v) is 5.62. The number of nitrogens with zero attached hydrogens (tertiary/aromatic N) is 2.